The minimum absolute atomic E-state index is 0.303. The molecule has 0 atom stereocenters. The first kappa shape index (κ1) is 12.5. The van der Waals surface area contributed by atoms with Gasteiger partial charge in [-0.15, -0.1) is 0 Å². The van der Waals surface area contributed by atoms with E-state index in [-0.39, 0.29) is 0 Å². The van der Waals surface area contributed by atoms with Gasteiger partial charge in [0.1, 0.15) is 17.6 Å². The first-order chi connectivity index (χ1) is 10.7. The van der Waals surface area contributed by atoms with Crippen molar-refractivity contribution in [2.75, 3.05) is 0 Å². The molecule has 0 aliphatic heterocycles. The van der Waals surface area contributed by atoms with Crippen LogP contribution < -0.4 is 5.36 Å². The number of carbonyl (C=O) groups is 1. The smallest absolute Gasteiger partial charge is 0.155 e. The van der Waals surface area contributed by atoms with Crippen molar-refractivity contribution in [2.45, 2.75) is 0 Å². The van der Waals surface area contributed by atoms with Crippen LogP contribution in [0.25, 0.3) is 27.9 Å². The summed E-state index contributed by atoms with van der Waals surface area (Å²) in [4.78, 5) is 15.2. The number of rotatable bonds is 2. The van der Waals surface area contributed by atoms with Crippen molar-refractivity contribution in [3.05, 3.63) is 65.9 Å². The summed E-state index contributed by atoms with van der Waals surface area (Å²) in [5.74, 6) is 0.528. The van der Waals surface area contributed by atoms with E-state index >= 15 is 0 Å². The fraction of sp³-hybridized carbons (Fsp3) is 0. The second-order valence-corrected chi connectivity index (χ2v) is 5.01. The summed E-state index contributed by atoms with van der Waals surface area (Å²) >= 11 is 0. The standard InChI is InChI=1S/C17H11N3O2/c18-14-8-17(15-7-12-2-1-5-20(12)10-19-15)22-16-4-3-11(9-21)6-13(14)16/h1-10,18H. The molecule has 0 spiro atoms. The lowest BCUT2D eigenvalue weighted by atomic mass is 10.1. The van der Waals surface area contributed by atoms with E-state index in [9.17, 15) is 4.79 Å². The fourth-order valence-corrected chi connectivity index (χ4v) is 2.47. The molecule has 1 aromatic carbocycles. The number of hydrogen-bond donors (Lipinski definition) is 1. The molecule has 4 aromatic rings. The third kappa shape index (κ3) is 1.91. The third-order valence-electron chi connectivity index (χ3n) is 3.60. The van der Waals surface area contributed by atoms with Gasteiger partial charge in [-0.2, -0.15) is 0 Å². The number of carbonyl (C=O) groups excluding carboxylic acids is 1. The van der Waals surface area contributed by atoms with E-state index in [1.165, 1.54) is 0 Å². The second-order valence-electron chi connectivity index (χ2n) is 5.01. The van der Waals surface area contributed by atoms with Crippen LogP contribution >= 0.6 is 0 Å². The van der Waals surface area contributed by atoms with Crippen LogP contribution in [-0.2, 0) is 0 Å². The topological polar surface area (TPSA) is 71.4 Å². The average Bonchev–Trinajstić information content (AvgIpc) is 3.02. The highest BCUT2D eigenvalue weighted by Gasteiger charge is 2.08. The van der Waals surface area contributed by atoms with E-state index in [2.05, 4.69) is 4.98 Å². The molecular weight excluding hydrogens is 278 g/mol. The highest BCUT2D eigenvalue weighted by atomic mass is 16.3. The number of nitrogens with one attached hydrogen (secondary N) is 1. The molecule has 22 heavy (non-hydrogen) atoms. The summed E-state index contributed by atoms with van der Waals surface area (Å²) in [5.41, 5.74) is 2.76. The average molecular weight is 289 g/mol. The van der Waals surface area contributed by atoms with Gasteiger partial charge >= 0.3 is 0 Å². The largest absolute Gasteiger partial charge is 0.454 e. The maximum Gasteiger partial charge on any atom is 0.155 e. The van der Waals surface area contributed by atoms with E-state index < -0.39 is 0 Å². The van der Waals surface area contributed by atoms with Gasteiger partial charge < -0.3 is 8.82 Å². The van der Waals surface area contributed by atoms with Gasteiger partial charge in [0, 0.05) is 28.7 Å². The van der Waals surface area contributed by atoms with Gasteiger partial charge in [0.05, 0.1) is 11.7 Å². The molecule has 0 aliphatic carbocycles. The summed E-state index contributed by atoms with van der Waals surface area (Å²) in [6, 6.07) is 12.5. The van der Waals surface area contributed by atoms with Crippen molar-refractivity contribution in [1.82, 2.24) is 9.38 Å². The van der Waals surface area contributed by atoms with Gasteiger partial charge in [0.2, 0.25) is 0 Å². The van der Waals surface area contributed by atoms with Crippen LogP contribution in [0.15, 0.2) is 59.4 Å². The maximum absolute atomic E-state index is 10.8. The van der Waals surface area contributed by atoms with Crippen LogP contribution in [0.3, 0.4) is 0 Å². The van der Waals surface area contributed by atoms with E-state index in [0.717, 1.165) is 11.8 Å². The lowest BCUT2D eigenvalue weighted by Gasteiger charge is -2.05. The quantitative estimate of drug-likeness (QED) is 0.576. The normalized spacial score (nSPS) is 11.1. The molecule has 3 aromatic heterocycles. The molecule has 0 fully saturated rings. The van der Waals surface area contributed by atoms with Crippen LogP contribution in [0, 0.1) is 5.41 Å². The molecule has 0 amide bonds. The Morgan fingerprint density at radius 2 is 2.09 bits per heavy atom. The molecule has 5 heteroatoms. The number of aldehydes is 1. The number of nitrogens with zero attached hydrogens (tertiary/aromatic N) is 2. The lowest BCUT2D eigenvalue weighted by Crippen LogP contribution is -2.02. The van der Waals surface area contributed by atoms with Gasteiger partial charge in [0.15, 0.2) is 5.76 Å². The zero-order chi connectivity index (χ0) is 15.1. The highest BCUT2D eigenvalue weighted by Crippen LogP contribution is 2.22. The molecule has 0 aliphatic rings. The molecule has 4 rings (SSSR count). The van der Waals surface area contributed by atoms with Crippen LogP contribution in [0.1, 0.15) is 10.4 Å². The molecule has 0 radical (unpaired) electrons. The second kappa shape index (κ2) is 4.66. The Balaban J connectivity index is 1.95. The van der Waals surface area contributed by atoms with Gasteiger partial charge in [-0.25, -0.2) is 4.98 Å². The molecule has 0 saturated carbocycles. The van der Waals surface area contributed by atoms with E-state index in [1.807, 2.05) is 28.8 Å². The SMILES string of the molecule is N=c1cc(-c2cc3cccn3cn2)oc2ccc(C=O)cc12. The Hall–Kier alpha value is -3.21. The third-order valence-corrected chi connectivity index (χ3v) is 3.60. The van der Waals surface area contributed by atoms with Gasteiger partial charge in [0.25, 0.3) is 0 Å². The summed E-state index contributed by atoms with van der Waals surface area (Å²) in [5, 5.41) is 9.06. The molecule has 1 N–H and O–H groups in total. The summed E-state index contributed by atoms with van der Waals surface area (Å²) < 4.78 is 7.75. The minimum atomic E-state index is 0.303. The molecule has 5 nitrogen and oxygen atoms in total. The van der Waals surface area contributed by atoms with Crippen molar-refractivity contribution in [3.8, 4) is 11.5 Å². The predicted molar refractivity (Wildman–Crippen MR) is 81.6 cm³/mol. The van der Waals surface area contributed by atoms with Crippen molar-refractivity contribution >= 4 is 22.8 Å². The van der Waals surface area contributed by atoms with Crippen molar-refractivity contribution in [1.29, 1.82) is 5.41 Å². The molecule has 3 heterocycles. The fourth-order valence-electron chi connectivity index (χ4n) is 2.47. The number of hydrogen-bond acceptors (Lipinski definition) is 4. The van der Waals surface area contributed by atoms with Crippen LogP contribution in [-0.4, -0.2) is 15.7 Å². The Kier molecular flexibility index (Phi) is 2.66. The zero-order valence-corrected chi connectivity index (χ0v) is 11.5. The van der Waals surface area contributed by atoms with Gasteiger partial charge in [-0.3, -0.25) is 10.2 Å². The molecular formula is C17H11N3O2. The predicted octanol–water partition coefficient (Wildman–Crippen LogP) is 3.04. The highest BCUT2D eigenvalue weighted by molar-refractivity contribution is 5.86. The first-order valence-corrected chi connectivity index (χ1v) is 6.75. The Morgan fingerprint density at radius 1 is 1.18 bits per heavy atom. The van der Waals surface area contributed by atoms with Crippen molar-refractivity contribution in [2.24, 2.45) is 0 Å². The number of aromatic nitrogens is 2. The maximum atomic E-state index is 10.8. The Morgan fingerprint density at radius 3 is 2.95 bits per heavy atom. The molecule has 0 unspecified atom stereocenters. The van der Waals surface area contributed by atoms with Crippen LogP contribution in [0.5, 0.6) is 0 Å². The van der Waals surface area contributed by atoms with E-state index in [1.54, 1.807) is 30.6 Å². The van der Waals surface area contributed by atoms with E-state index in [4.69, 9.17) is 9.83 Å². The summed E-state index contributed by atoms with van der Waals surface area (Å²) in [6.07, 6.45) is 4.39. The Labute approximate surface area is 125 Å². The minimum Gasteiger partial charge on any atom is -0.454 e. The van der Waals surface area contributed by atoms with Crippen molar-refractivity contribution < 1.29 is 9.21 Å². The van der Waals surface area contributed by atoms with Gasteiger partial charge in [-0.1, -0.05) is 0 Å². The number of fused-ring (bicyclic) bond motifs is 2. The first-order valence-electron chi connectivity index (χ1n) is 6.75. The van der Waals surface area contributed by atoms with Crippen molar-refractivity contribution in [3.63, 3.8) is 0 Å². The van der Waals surface area contributed by atoms with Crippen LogP contribution in [0.2, 0.25) is 0 Å². The summed E-state index contributed by atoms with van der Waals surface area (Å²) in [6.45, 7) is 0. The molecule has 0 saturated heterocycles. The Bertz CT molecular complexity index is 1080. The molecule has 0 bridgehead atoms. The van der Waals surface area contributed by atoms with E-state index in [0.29, 0.717) is 33.3 Å². The summed E-state index contributed by atoms with van der Waals surface area (Å²) in [7, 11) is 0. The van der Waals surface area contributed by atoms with Gasteiger partial charge in [-0.05, 0) is 36.4 Å². The van der Waals surface area contributed by atoms with Crippen LogP contribution in [0.4, 0.5) is 0 Å². The monoisotopic (exact) mass is 289 g/mol. The number of benzene rings is 1. The zero-order valence-electron chi connectivity index (χ0n) is 11.5. The lowest BCUT2D eigenvalue weighted by molar-refractivity contribution is 0.112. The molecule has 106 valence electrons.